The van der Waals surface area contributed by atoms with Gasteiger partial charge in [-0.25, -0.2) is 0 Å². The molecule has 0 bridgehead atoms. The normalized spacial score (nSPS) is 22.8. The van der Waals surface area contributed by atoms with Crippen LogP contribution in [-0.4, -0.2) is 43.6 Å². The lowest BCUT2D eigenvalue weighted by molar-refractivity contribution is -0.0560. The van der Waals surface area contributed by atoms with E-state index in [0.29, 0.717) is 12.1 Å². The van der Waals surface area contributed by atoms with Crippen molar-refractivity contribution in [1.29, 1.82) is 0 Å². The molecule has 0 aromatic carbocycles. The largest absolute Gasteiger partial charge is 0.483 e. The summed E-state index contributed by atoms with van der Waals surface area (Å²) < 4.78 is 13.4. The lowest BCUT2D eigenvalue weighted by atomic mass is 9.83. The van der Waals surface area contributed by atoms with E-state index in [1.165, 1.54) is 5.56 Å². The maximum absolute atomic E-state index is 10.5. The number of likely N-dealkylation sites (tertiary alicyclic amines) is 1. The highest BCUT2D eigenvalue weighted by atomic mass is 16.5. The summed E-state index contributed by atoms with van der Waals surface area (Å²) in [6.07, 6.45) is 4.63. The van der Waals surface area contributed by atoms with E-state index in [9.17, 15) is 5.11 Å². The number of fused-ring (bicyclic) bond motifs is 1. The van der Waals surface area contributed by atoms with Gasteiger partial charge in [-0.05, 0) is 19.8 Å². The van der Waals surface area contributed by atoms with E-state index >= 15 is 0 Å². The summed E-state index contributed by atoms with van der Waals surface area (Å²) in [7, 11) is 1.86. The molecule has 0 radical (unpaired) electrons. The second kappa shape index (κ2) is 6.14. The number of aryl methyl sites for hydroxylation is 3. The van der Waals surface area contributed by atoms with E-state index in [0.717, 1.165) is 56.1 Å². The standard InChI is InChI=1S/C18H26N4O3/c1-4-15-13(12(2)20-25-15)10-22-7-5-18(6-8-22)9-14(23)17-16(24-18)11-21(3)19-17/h11,14,23H,4-10H2,1-3H3. The van der Waals surface area contributed by atoms with Crippen LogP contribution in [0.2, 0.25) is 0 Å². The Morgan fingerprint density at radius 1 is 1.36 bits per heavy atom. The molecule has 0 saturated carbocycles. The van der Waals surface area contributed by atoms with E-state index in [2.05, 4.69) is 22.1 Å². The van der Waals surface area contributed by atoms with Crippen LogP contribution < -0.4 is 4.74 Å². The highest BCUT2D eigenvalue weighted by molar-refractivity contribution is 5.31. The van der Waals surface area contributed by atoms with Crippen LogP contribution in [0.3, 0.4) is 0 Å². The summed E-state index contributed by atoms with van der Waals surface area (Å²) >= 11 is 0. The van der Waals surface area contributed by atoms with Crippen molar-refractivity contribution >= 4 is 0 Å². The number of rotatable bonds is 3. The van der Waals surface area contributed by atoms with Crippen molar-refractivity contribution in [3.05, 3.63) is 28.9 Å². The lowest BCUT2D eigenvalue weighted by Gasteiger charge is -2.44. The van der Waals surface area contributed by atoms with Crippen molar-refractivity contribution in [3.63, 3.8) is 0 Å². The number of nitrogens with zero attached hydrogens (tertiary/aromatic N) is 4. The fourth-order valence-electron chi connectivity index (χ4n) is 4.08. The van der Waals surface area contributed by atoms with Gasteiger partial charge in [0.1, 0.15) is 23.2 Å². The molecular formula is C18H26N4O3. The van der Waals surface area contributed by atoms with Crippen molar-refractivity contribution in [2.75, 3.05) is 13.1 Å². The monoisotopic (exact) mass is 346 g/mol. The molecule has 2 aromatic heterocycles. The average Bonchev–Trinajstić information content (AvgIpc) is 3.12. The highest BCUT2D eigenvalue weighted by Crippen LogP contribution is 2.43. The molecule has 1 atom stereocenters. The first-order chi connectivity index (χ1) is 12.0. The molecule has 4 rings (SSSR count). The van der Waals surface area contributed by atoms with Crippen LogP contribution in [0, 0.1) is 6.92 Å². The number of hydrogen-bond donors (Lipinski definition) is 1. The van der Waals surface area contributed by atoms with E-state index in [1.54, 1.807) is 4.68 Å². The topological polar surface area (TPSA) is 76.5 Å². The third kappa shape index (κ3) is 2.95. The number of aliphatic hydroxyl groups excluding tert-OH is 1. The maximum Gasteiger partial charge on any atom is 0.163 e. The molecule has 1 fully saturated rings. The Bertz CT molecular complexity index is 758. The van der Waals surface area contributed by atoms with Crippen molar-refractivity contribution < 1.29 is 14.4 Å². The molecule has 1 spiro atoms. The van der Waals surface area contributed by atoms with Gasteiger partial charge in [0.2, 0.25) is 0 Å². The van der Waals surface area contributed by atoms with Gasteiger partial charge in [0.05, 0.1) is 11.9 Å². The van der Waals surface area contributed by atoms with Gasteiger partial charge < -0.3 is 14.4 Å². The minimum atomic E-state index is -0.538. The number of hydrogen-bond acceptors (Lipinski definition) is 6. The summed E-state index contributed by atoms with van der Waals surface area (Å²) in [5.41, 5.74) is 2.60. The lowest BCUT2D eigenvalue weighted by Crippen LogP contribution is -2.50. The Kier molecular flexibility index (Phi) is 4.08. The third-order valence-electron chi connectivity index (χ3n) is 5.57. The minimum absolute atomic E-state index is 0.275. The van der Waals surface area contributed by atoms with Crippen LogP contribution in [0.5, 0.6) is 5.75 Å². The van der Waals surface area contributed by atoms with Crippen LogP contribution in [-0.2, 0) is 20.0 Å². The first kappa shape index (κ1) is 16.6. The summed E-state index contributed by atoms with van der Waals surface area (Å²) in [6.45, 7) is 6.85. The molecule has 1 unspecified atom stereocenters. The molecule has 1 saturated heterocycles. The molecular weight excluding hydrogens is 320 g/mol. The van der Waals surface area contributed by atoms with Crippen molar-refractivity contribution in [2.24, 2.45) is 7.05 Å². The number of aromatic nitrogens is 3. The van der Waals surface area contributed by atoms with Gasteiger partial charge in [0, 0.05) is 45.1 Å². The molecule has 2 aromatic rings. The van der Waals surface area contributed by atoms with Crippen molar-refractivity contribution in [2.45, 2.75) is 57.8 Å². The Labute approximate surface area is 147 Å². The van der Waals surface area contributed by atoms with Gasteiger partial charge in [-0.2, -0.15) is 5.10 Å². The molecule has 25 heavy (non-hydrogen) atoms. The van der Waals surface area contributed by atoms with Crippen LogP contribution in [0.15, 0.2) is 10.7 Å². The quantitative estimate of drug-likeness (QED) is 0.917. The molecule has 2 aliphatic heterocycles. The highest BCUT2D eigenvalue weighted by Gasteiger charge is 2.44. The van der Waals surface area contributed by atoms with Crippen LogP contribution in [0.25, 0.3) is 0 Å². The van der Waals surface area contributed by atoms with E-state index in [1.807, 2.05) is 20.2 Å². The predicted octanol–water partition coefficient (Wildman–Crippen LogP) is 2.13. The SMILES string of the molecule is CCc1onc(C)c1CN1CCC2(CC1)CC(O)c1nn(C)cc1O2. The maximum atomic E-state index is 10.5. The second-order valence-corrected chi connectivity index (χ2v) is 7.36. The first-order valence-electron chi connectivity index (χ1n) is 9.06. The third-order valence-corrected chi connectivity index (χ3v) is 5.57. The van der Waals surface area contributed by atoms with Gasteiger partial charge in [-0.15, -0.1) is 0 Å². The summed E-state index contributed by atoms with van der Waals surface area (Å²) in [6, 6.07) is 0. The van der Waals surface area contributed by atoms with Gasteiger partial charge in [-0.3, -0.25) is 9.58 Å². The minimum Gasteiger partial charge on any atom is -0.483 e. The number of aliphatic hydroxyl groups is 1. The molecule has 0 aliphatic carbocycles. The van der Waals surface area contributed by atoms with Crippen LogP contribution in [0.4, 0.5) is 0 Å². The smallest absolute Gasteiger partial charge is 0.163 e. The van der Waals surface area contributed by atoms with Gasteiger partial charge in [0.25, 0.3) is 0 Å². The summed E-state index contributed by atoms with van der Waals surface area (Å²) in [5, 5.41) is 18.9. The van der Waals surface area contributed by atoms with Gasteiger partial charge >= 0.3 is 0 Å². The first-order valence-corrected chi connectivity index (χ1v) is 9.06. The zero-order valence-corrected chi connectivity index (χ0v) is 15.2. The molecule has 4 heterocycles. The molecule has 7 nitrogen and oxygen atoms in total. The molecule has 1 N–H and O–H groups in total. The predicted molar refractivity (Wildman–Crippen MR) is 91.3 cm³/mol. The van der Waals surface area contributed by atoms with E-state index in [-0.39, 0.29) is 5.60 Å². The van der Waals surface area contributed by atoms with Crippen molar-refractivity contribution in [3.8, 4) is 5.75 Å². The van der Waals surface area contributed by atoms with Crippen molar-refractivity contribution in [1.82, 2.24) is 19.8 Å². The van der Waals surface area contributed by atoms with Gasteiger partial charge in [0.15, 0.2) is 5.75 Å². The number of ether oxygens (including phenoxy) is 1. The Balaban J connectivity index is 1.44. The Morgan fingerprint density at radius 2 is 2.12 bits per heavy atom. The Hall–Kier alpha value is -1.86. The fraction of sp³-hybridized carbons (Fsp3) is 0.667. The zero-order chi connectivity index (χ0) is 17.6. The fourth-order valence-corrected chi connectivity index (χ4v) is 4.08. The average molecular weight is 346 g/mol. The zero-order valence-electron chi connectivity index (χ0n) is 15.2. The summed E-state index contributed by atoms with van der Waals surface area (Å²) in [4.78, 5) is 2.43. The second-order valence-electron chi connectivity index (χ2n) is 7.36. The van der Waals surface area contributed by atoms with E-state index in [4.69, 9.17) is 9.26 Å². The van der Waals surface area contributed by atoms with Crippen LogP contribution in [0.1, 0.15) is 55.0 Å². The molecule has 7 heteroatoms. The van der Waals surface area contributed by atoms with Gasteiger partial charge in [-0.1, -0.05) is 12.1 Å². The van der Waals surface area contributed by atoms with E-state index < -0.39 is 6.10 Å². The molecule has 0 amide bonds. The Morgan fingerprint density at radius 3 is 2.84 bits per heavy atom. The number of piperidine rings is 1. The van der Waals surface area contributed by atoms with Crippen LogP contribution >= 0.6 is 0 Å². The summed E-state index contributed by atoms with van der Waals surface area (Å²) in [5.74, 6) is 1.72. The molecule has 2 aliphatic rings. The molecule has 136 valence electrons.